The van der Waals surface area contributed by atoms with Crippen LogP contribution in [0.25, 0.3) is 21.5 Å². The molecule has 1 N–H and O–H groups in total. The third kappa shape index (κ3) is 5.22. The number of benzene rings is 4. The second kappa shape index (κ2) is 10.1. The molecule has 4 aromatic carbocycles. The summed E-state index contributed by atoms with van der Waals surface area (Å²) in [7, 11) is 0. The molecule has 0 spiro atoms. The number of morpholine rings is 1. The van der Waals surface area contributed by atoms with Gasteiger partial charge in [-0.15, -0.1) is 0 Å². The monoisotopic (exact) mass is 508 g/mol. The number of hydrogen-bond acceptors (Lipinski definition) is 5. The van der Waals surface area contributed by atoms with Gasteiger partial charge in [0.2, 0.25) is 0 Å². The van der Waals surface area contributed by atoms with Crippen LogP contribution in [0, 0.1) is 0 Å². The van der Waals surface area contributed by atoms with Crippen molar-refractivity contribution >= 4 is 44.8 Å². The molecule has 0 bridgehead atoms. The quantitative estimate of drug-likeness (QED) is 0.279. The van der Waals surface area contributed by atoms with E-state index in [0.717, 1.165) is 22.9 Å². The Labute approximate surface area is 210 Å². The summed E-state index contributed by atoms with van der Waals surface area (Å²) < 4.78 is 50.8. The van der Waals surface area contributed by atoms with Crippen molar-refractivity contribution in [2.45, 2.75) is 6.18 Å². The highest BCUT2D eigenvalue weighted by molar-refractivity contribution is 6.16. The molecule has 1 aliphatic rings. The van der Waals surface area contributed by atoms with E-state index in [0.29, 0.717) is 48.3 Å². The summed E-state index contributed by atoms with van der Waals surface area (Å²) >= 11 is 0. The van der Waals surface area contributed by atoms with Gasteiger partial charge in [-0.05, 0) is 45.8 Å². The van der Waals surface area contributed by atoms with Gasteiger partial charge in [0.05, 0.1) is 35.7 Å². The molecule has 4 aromatic rings. The smallest absolute Gasteiger partial charge is 0.416 e. The average molecular weight is 508 g/mol. The SMILES string of the molecule is O=C(COC(=O)c1c2ccccc2cc2ccccc12)Nc1cc(C(F)(F)F)ccc1N1CCOCC1. The molecule has 1 heterocycles. The summed E-state index contributed by atoms with van der Waals surface area (Å²) in [6.07, 6.45) is -4.58. The molecular formula is C28H23F3N2O4. The lowest BCUT2D eigenvalue weighted by atomic mass is 9.97. The van der Waals surface area contributed by atoms with Gasteiger partial charge in [-0.25, -0.2) is 4.79 Å². The van der Waals surface area contributed by atoms with Crippen LogP contribution in [-0.4, -0.2) is 44.8 Å². The summed E-state index contributed by atoms with van der Waals surface area (Å²) in [4.78, 5) is 27.8. The highest BCUT2D eigenvalue weighted by Gasteiger charge is 2.32. The molecule has 0 aliphatic carbocycles. The second-order valence-corrected chi connectivity index (χ2v) is 8.65. The van der Waals surface area contributed by atoms with Gasteiger partial charge >= 0.3 is 12.1 Å². The summed E-state index contributed by atoms with van der Waals surface area (Å²) in [6.45, 7) is 1.12. The molecule has 1 saturated heterocycles. The van der Waals surface area contributed by atoms with Crippen LogP contribution >= 0.6 is 0 Å². The number of nitrogens with one attached hydrogen (secondary N) is 1. The standard InChI is InChI=1S/C28H23F3N2O4/c29-28(30,31)20-9-10-24(33-11-13-36-14-12-33)23(16-20)32-25(34)17-37-27(35)26-21-7-3-1-5-18(21)15-19-6-2-4-8-22(19)26/h1-10,15-16H,11-14,17H2,(H,32,34). The molecule has 0 aromatic heterocycles. The van der Waals surface area contributed by atoms with Crippen molar-refractivity contribution in [2.24, 2.45) is 0 Å². The van der Waals surface area contributed by atoms with Gasteiger partial charge in [-0.3, -0.25) is 4.79 Å². The Morgan fingerprint density at radius 2 is 1.51 bits per heavy atom. The van der Waals surface area contributed by atoms with Gasteiger partial charge in [0.15, 0.2) is 6.61 Å². The minimum absolute atomic E-state index is 0.00613. The zero-order valence-corrected chi connectivity index (χ0v) is 19.7. The van der Waals surface area contributed by atoms with Crippen LogP contribution in [0.5, 0.6) is 0 Å². The largest absolute Gasteiger partial charge is 0.452 e. The van der Waals surface area contributed by atoms with Gasteiger partial charge in [0.25, 0.3) is 5.91 Å². The normalized spacial score (nSPS) is 14.1. The number of nitrogens with zero attached hydrogens (tertiary/aromatic N) is 1. The van der Waals surface area contributed by atoms with E-state index in [4.69, 9.17) is 9.47 Å². The van der Waals surface area contributed by atoms with Crippen LogP contribution < -0.4 is 10.2 Å². The Morgan fingerprint density at radius 3 is 2.14 bits per heavy atom. The van der Waals surface area contributed by atoms with Crippen molar-refractivity contribution in [1.82, 2.24) is 0 Å². The van der Waals surface area contributed by atoms with Crippen molar-refractivity contribution in [1.29, 1.82) is 0 Å². The van der Waals surface area contributed by atoms with Gasteiger partial charge in [0.1, 0.15) is 0 Å². The molecule has 0 unspecified atom stereocenters. The molecule has 6 nitrogen and oxygen atoms in total. The van der Waals surface area contributed by atoms with E-state index in [1.807, 2.05) is 35.2 Å². The van der Waals surface area contributed by atoms with Gasteiger partial charge in [0, 0.05) is 13.1 Å². The third-order valence-electron chi connectivity index (χ3n) is 6.26. The average Bonchev–Trinajstić information content (AvgIpc) is 2.90. The number of halogens is 3. The van der Waals surface area contributed by atoms with E-state index in [1.165, 1.54) is 6.07 Å². The summed E-state index contributed by atoms with van der Waals surface area (Å²) in [6, 6.07) is 19.9. The highest BCUT2D eigenvalue weighted by Crippen LogP contribution is 2.36. The van der Waals surface area contributed by atoms with Crippen molar-refractivity contribution in [2.75, 3.05) is 43.1 Å². The van der Waals surface area contributed by atoms with Crippen molar-refractivity contribution in [3.8, 4) is 0 Å². The zero-order chi connectivity index (χ0) is 26.0. The number of carbonyl (C=O) groups is 2. The number of amides is 1. The predicted molar refractivity (Wildman–Crippen MR) is 135 cm³/mol. The Balaban J connectivity index is 1.38. The number of ether oxygens (including phenoxy) is 2. The van der Waals surface area contributed by atoms with E-state index in [-0.39, 0.29) is 5.69 Å². The number of rotatable bonds is 5. The molecule has 0 radical (unpaired) electrons. The fourth-order valence-electron chi connectivity index (χ4n) is 4.52. The van der Waals surface area contributed by atoms with E-state index in [9.17, 15) is 22.8 Å². The second-order valence-electron chi connectivity index (χ2n) is 8.65. The molecule has 9 heteroatoms. The van der Waals surface area contributed by atoms with Crippen molar-refractivity contribution in [3.05, 3.63) is 83.9 Å². The number of fused-ring (bicyclic) bond motifs is 2. The first-order valence-electron chi connectivity index (χ1n) is 11.7. The molecule has 1 fully saturated rings. The minimum Gasteiger partial charge on any atom is -0.452 e. The third-order valence-corrected chi connectivity index (χ3v) is 6.26. The van der Waals surface area contributed by atoms with Crippen LogP contribution in [0.4, 0.5) is 24.5 Å². The van der Waals surface area contributed by atoms with E-state index >= 15 is 0 Å². The van der Waals surface area contributed by atoms with E-state index < -0.39 is 30.2 Å². The van der Waals surface area contributed by atoms with Crippen molar-refractivity contribution < 1.29 is 32.2 Å². The Bertz CT molecular complexity index is 1430. The van der Waals surface area contributed by atoms with Gasteiger partial charge in [-0.2, -0.15) is 13.2 Å². The van der Waals surface area contributed by atoms with E-state index in [2.05, 4.69) is 5.32 Å². The fraction of sp³-hybridized carbons (Fsp3) is 0.214. The van der Waals surface area contributed by atoms with Gasteiger partial charge < -0.3 is 19.7 Å². The lowest BCUT2D eigenvalue weighted by Crippen LogP contribution is -2.37. The maximum atomic E-state index is 13.4. The Kier molecular flexibility index (Phi) is 6.71. The number of carbonyl (C=O) groups excluding carboxylic acids is 2. The van der Waals surface area contributed by atoms with Crippen LogP contribution in [0.2, 0.25) is 0 Å². The summed E-state index contributed by atoms with van der Waals surface area (Å²) in [5.41, 5.74) is -0.127. The Morgan fingerprint density at radius 1 is 0.892 bits per heavy atom. The summed E-state index contributed by atoms with van der Waals surface area (Å²) in [5, 5.41) is 5.55. The molecule has 190 valence electrons. The number of hydrogen-bond donors (Lipinski definition) is 1. The fourth-order valence-corrected chi connectivity index (χ4v) is 4.52. The first-order chi connectivity index (χ1) is 17.8. The molecule has 0 saturated carbocycles. The molecule has 5 rings (SSSR count). The summed E-state index contributed by atoms with van der Waals surface area (Å²) in [5.74, 6) is -1.44. The number of esters is 1. The van der Waals surface area contributed by atoms with Gasteiger partial charge in [-0.1, -0.05) is 48.5 Å². The maximum absolute atomic E-state index is 13.4. The lowest BCUT2D eigenvalue weighted by Gasteiger charge is -2.31. The highest BCUT2D eigenvalue weighted by atomic mass is 19.4. The predicted octanol–water partition coefficient (Wildman–Crippen LogP) is 5.64. The van der Waals surface area contributed by atoms with Crippen LogP contribution in [0.3, 0.4) is 0 Å². The topological polar surface area (TPSA) is 67.9 Å². The molecule has 0 atom stereocenters. The van der Waals surface area contributed by atoms with Crippen LogP contribution in [0.15, 0.2) is 72.8 Å². The lowest BCUT2D eigenvalue weighted by molar-refractivity contribution is -0.137. The first-order valence-corrected chi connectivity index (χ1v) is 11.7. The maximum Gasteiger partial charge on any atom is 0.416 e. The van der Waals surface area contributed by atoms with Crippen LogP contribution in [0.1, 0.15) is 15.9 Å². The van der Waals surface area contributed by atoms with Crippen LogP contribution in [-0.2, 0) is 20.4 Å². The number of anilines is 2. The molecule has 37 heavy (non-hydrogen) atoms. The van der Waals surface area contributed by atoms with E-state index in [1.54, 1.807) is 24.3 Å². The van der Waals surface area contributed by atoms with Crippen molar-refractivity contribution in [3.63, 3.8) is 0 Å². The molecule has 1 aliphatic heterocycles. The zero-order valence-electron chi connectivity index (χ0n) is 19.7. The molecular weight excluding hydrogens is 485 g/mol. The Hall–Kier alpha value is -4.11. The first kappa shape index (κ1) is 24.6. The molecule has 1 amide bonds. The minimum atomic E-state index is -4.58. The number of alkyl halides is 3.